The molecule has 0 fully saturated rings. The number of nitrogens with zero attached hydrogens (tertiary/aromatic N) is 3. The molecule has 5 nitrogen and oxygen atoms in total. The Bertz CT molecular complexity index is 760. The van der Waals surface area contributed by atoms with Gasteiger partial charge in [0.05, 0.1) is 17.6 Å². The van der Waals surface area contributed by atoms with E-state index in [4.69, 9.17) is 5.11 Å². The summed E-state index contributed by atoms with van der Waals surface area (Å²) in [6.45, 7) is 2.66. The van der Waals surface area contributed by atoms with E-state index >= 15 is 0 Å². The molecule has 2 heterocycles. The molecule has 0 unspecified atom stereocenters. The van der Waals surface area contributed by atoms with Crippen molar-refractivity contribution in [2.75, 3.05) is 0 Å². The molecule has 0 aliphatic carbocycles. The van der Waals surface area contributed by atoms with Crippen LogP contribution in [0.15, 0.2) is 29.0 Å². The number of benzene rings is 1. The second-order valence-corrected chi connectivity index (χ2v) is 5.08. The fourth-order valence-corrected chi connectivity index (χ4v) is 2.77. The van der Waals surface area contributed by atoms with Gasteiger partial charge in [0.25, 0.3) is 0 Å². The van der Waals surface area contributed by atoms with Gasteiger partial charge in [0.2, 0.25) is 0 Å². The Morgan fingerprint density at radius 3 is 2.95 bits per heavy atom. The Kier molecular flexibility index (Phi) is 2.79. The van der Waals surface area contributed by atoms with Crippen molar-refractivity contribution in [2.45, 2.75) is 13.5 Å². The van der Waals surface area contributed by atoms with E-state index in [1.807, 2.05) is 6.92 Å². The normalized spacial score (nSPS) is 11.0. The average Bonchev–Trinajstić information content (AvgIpc) is 2.97. The molecule has 2 aromatic heterocycles. The van der Waals surface area contributed by atoms with Gasteiger partial charge in [-0.15, -0.1) is 5.10 Å². The van der Waals surface area contributed by atoms with Crippen LogP contribution < -0.4 is 0 Å². The highest BCUT2D eigenvalue weighted by atomic mass is 32.1. The molecule has 0 radical (unpaired) electrons. The third-order valence-electron chi connectivity index (χ3n) is 3.04. The van der Waals surface area contributed by atoms with Crippen molar-refractivity contribution >= 4 is 28.3 Å². The van der Waals surface area contributed by atoms with Gasteiger partial charge in [-0.05, 0) is 47.0 Å². The Labute approximate surface area is 113 Å². The minimum atomic E-state index is -0.943. The summed E-state index contributed by atoms with van der Waals surface area (Å²) in [7, 11) is 0. The summed E-state index contributed by atoms with van der Waals surface area (Å²) in [5.74, 6) is -0.943. The van der Waals surface area contributed by atoms with E-state index in [-0.39, 0.29) is 5.56 Å². The number of hydrogen-bond donors (Lipinski definition) is 1. The highest BCUT2D eigenvalue weighted by Gasteiger charge is 2.10. The Hall–Kier alpha value is -2.21. The summed E-state index contributed by atoms with van der Waals surface area (Å²) in [4.78, 5) is 11.0. The van der Waals surface area contributed by atoms with Crippen molar-refractivity contribution in [3.8, 4) is 0 Å². The summed E-state index contributed by atoms with van der Waals surface area (Å²) >= 11 is 1.65. The molecule has 0 saturated carbocycles. The van der Waals surface area contributed by atoms with Gasteiger partial charge in [-0.2, -0.15) is 11.3 Å². The Morgan fingerprint density at radius 1 is 1.42 bits per heavy atom. The maximum atomic E-state index is 11.0. The average molecular weight is 273 g/mol. The summed E-state index contributed by atoms with van der Waals surface area (Å²) in [6.07, 6.45) is 0. The molecule has 0 atom stereocenters. The number of carboxylic acid groups (broad SMARTS) is 1. The molecule has 1 aromatic carbocycles. The molecule has 0 bridgehead atoms. The van der Waals surface area contributed by atoms with Gasteiger partial charge in [0.15, 0.2) is 0 Å². The second kappa shape index (κ2) is 4.47. The van der Waals surface area contributed by atoms with Gasteiger partial charge in [0.1, 0.15) is 5.52 Å². The standard InChI is InChI=1S/C13H11N3O2S/c1-8-6-19-7-10(8)5-16-12-4-9(13(17)18)2-3-11(12)14-15-16/h2-4,6-7H,5H2,1H3,(H,17,18). The van der Waals surface area contributed by atoms with Crippen LogP contribution in [0, 0.1) is 6.92 Å². The number of fused-ring (bicyclic) bond motifs is 1. The topological polar surface area (TPSA) is 68.0 Å². The minimum Gasteiger partial charge on any atom is -0.478 e. The fourth-order valence-electron chi connectivity index (χ4n) is 1.93. The van der Waals surface area contributed by atoms with Crippen LogP contribution in [0.1, 0.15) is 21.5 Å². The number of thiophene rings is 1. The second-order valence-electron chi connectivity index (χ2n) is 4.34. The predicted molar refractivity (Wildman–Crippen MR) is 72.6 cm³/mol. The summed E-state index contributed by atoms with van der Waals surface area (Å²) in [6, 6.07) is 4.83. The highest BCUT2D eigenvalue weighted by molar-refractivity contribution is 7.08. The number of aromatic carboxylic acids is 1. The van der Waals surface area contributed by atoms with Gasteiger partial charge in [-0.1, -0.05) is 5.21 Å². The maximum Gasteiger partial charge on any atom is 0.335 e. The third kappa shape index (κ3) is 2.10. The number of aromatic nitrogens is 3. The van der Waals surface area contributed by atoms with Crippen LogP contribution in [-0.2, 0) is 6.54 Å². The molecule has 0 aliphatic heterocycles. The van der Waals surface area contributed by atoms with Crippen LogP contribution in [0.5, 0.6) is 0 Å². The summed E-state index contributed by atoms with van der Waals surface area (Å²) in [5, 5.41) is 21.3. The van der Waals surface area contributed by atoms with Gasteiger partial charge in [-0.3, -0.25) is 0 Å². The van der Waals surface area contributed by atoms with Crippen LogP contribution in [0.25, 0.3) is 11.0 Å². The van der Waals surface area contributed by atoms with E-state index in [0.29, 0.717) is 12.1 Å². The van der Waals surface area contributed by atoms with E-state index in [1.54, 1.807) is 34.2 Å². The number of carboxylic acids is 1. The van der Waals surface area contributed by atoms with Crippen LogP contribution in [-0.4, -0.2) is 26.1 Å². The first-order valence-corrected chi connectivity index (χ1v) is 6.67. The van der Waals surface area contributed by atoms with Crippen LogP contribution >= 0.6 is 11.3 Å². The van der Waals surface area contributed by atoms with Gasteiger partial charge >= 0.3 is 5.97 Å². The lowest BCUT2D eigenvalue weighted by Crippen LogP contribution is -2.03. The summed E-state index contributed by atoms with van der Waals surface area (Å²) < 4.78 is 1.73. The zero-order valence-electron chi connectivity index (χ0n) is 10.2. The van der Waals surface area contributed by atoms with Gasteiger partial charge < -0.3 is 5.11 Å². The monoisotopic (exact) mass is 273 g/mol. The van der Waals surface area contributed by atoms with Crippen LogP contribution in [0.2, 0.25) is 0 Å². The van der Waals surface area contributed by atoms with Gasteiger partial charge in [-0.25, -0.2) is 9.48 Å². The first kappa shape index (κ1) is 11.9. The first-order chi connectivity index (χ1) is 9.15. The molecule has 19 heavy (non-hydrogen) atoms. The molecule has 0 saturated heterocycles. The molecular formula is C13H11N3O2S. The van der Waals surface area contributed by atoms with E-state index in [2.05, 4.69) is 21.1 Å². The van der Waals surface area contributed by atoms with Crippen LogP contribution in [0.4, 0.5) is 0 Å². The molecule has 0 aliphatic rings. The summed E-state index contributed by atoms with van der Waals surface area (Å²) in [5.41, 5.74) is 4.09. The lowest BCUT2D eigenvalue weighted by atomic mass is 10.2. The minimum absolute atomic E-state index is 0.248. The smallest absolute Gasteiger partial charge is 0.335 e. The molecule has 3 aromatic rings. The van der Waals surface area contributed by atoms with Crippen molar-refractivity contribution < 1.29 is 9.90 Å². The molecule has 1 N–H and O–H groups in total. The van der Waals surface area contributed by atoms with Crippen molar-refractivity contribution in [2.24, 2.45) is 0 Å². The number of aryl methyl sites for hydroxylation is 1. The first-order valence-electron chi connectivity index (χ1n) is 5.73. The SMILES string of the molecule is Cc1cscc1Cn1nnc2ccc(C(=O)O)cc21. The molecule has 96 valence electrons. The lowest BCUT2D eigenvalue weighted by molar-refractivity contribution is 0.0697. The fraction of sp³-hybridized carbons (Fsp3) is 0.154. The largest absolute Gasteiger partial charge is 0.478 e. The third-order valence-corrected chi connectivity index (χ3v) is 3.95. The molecule has 3 rings (SSSR count). The van der Waals surface area contributed by atoms with E-state index < -0.39 is 5.97 Å². The van der Waals surface area contributed by atoms with Gasteiger partial charge in [0, 0.05) is 0 Å². The lowest BCUT2D eigenvalue weighted by Gasteiger charge is -2.02. The predicted octanol–water partition coefficient (Wildman–Crippen LogP) is 2.55. The zero-order chi connectivity index (χ0) is 13.4. The zero-order valence-corrected chi connectivity index (χ0v) is 11.0. The molecular weight excluding hydrogens is 262 g/mol. The molecule has 6 heteroatoms. The highest BCUT2D eigenvalue weighted by Crippen LogP contribution is 2.18. The van der Waals surface area contributed by atoms with Crippen molar-refractivity contribution in [1.82, 2.24) is 15.0 Å². The van der Waals surface area contributed by atoms with E-state index in [1.165, 1.54) is 11.1 Å². The maximum absolute atomic E-state index is 11.0. The molecule has 0 spiro atoms. The number of carbonyl (C=O) groups is 1. The van der Waals surface area contributed by atoms with E-state index in [0.717, 1.165) is 5.52 Å². The van der Waals surface area contributed by atoms with E-state index in [9.17, 15) is 4.79 Å². The Morgan fingerprint density at radius 2 is 2.26 bits per heavy atom. The molecule has 0 amide bonds. The van der Waals surface area contributed by atoms with Crippen molar-refractivity contribution in [3.05, 3.63) is 45.6 Å². The quantitative estimate of drug-likeness (QED) is 0.796. The number of rotatable bonds is 3. The number of hydrogen-bond acceptors (Lipinski definition) is 4. The van der Waals surface area contributed by atoms with Crippen LogP contribution in [0.3, 0.4) is 0 Å². The Balaban J connectivity index is 2.06. The van der Waals surface area contributed by atoms with Crippen molar-refractivity contribution in [3.63, 3.8) is 0 Å². The van der Waals surface area contributed by atoms with Crippen molar-refractivity contribution in [1.29, 1.82) is 0 Å².